The Bertz CT molecular complexity index is 978. The van der Waals surface area contributed by atoms with Crippen LogP contribution < -0.4 is 5.32 Å². The summed E-state index contributed by atoms with van der Waals surface area (Å²) in [5, 5.41) is 4.08. The van der Waals surface area contributed by atoms with E-state index in [4.69, 9.17) is 28.2 Å². The van der Waals surface area contributed by atoms with E-state index < -0.39 is 0 Å². The smallest absolute Gasteiger partial charge is 0.246 e. The van der Waals surface area contributed by atoms with Gasteiger partial charge in [0.2, 0.25) is 5.91 Å². The predicted octanol–water partition coefficient (Wildman–Crippen LogP) is 4.63. The molecule has 1 amide bonds. The Morgan fingerprint density at radius 2 is 2.00 bits per heavy atom. The molecule has 0 saturated heterocycles. The van der Waals surface area contributed by atoms with E-state index >= 15 is 0 Å². The van der Waals surface area contributed by atoms with Gasteiger partial charge in [-0.25, -0.2) is 4.98 Å². The number of carbonyl (C=O) groups excluding carboxylic acids is 1. The Morgan fingerprint density at radius 1 is 1.23 bits per heavy atom. The summed E-state index contributed by atoms with van der Waals surface area (Å²) in [5.74, 6) is 0.743. The van der Waals surface area contributed by atoms with Gasteiger partial charge in [-0.2, -0.15) is 0 Å². The van der Waals surface area contributed by atoms with Gasteiger partial charge in [-0.05, 0) is 36.8 Å². The van der Waals surface area contributed by atoms with Crippen LogP contribution in [0.1, 0.15) is 18.3 Å². The number of nitrogens with zero attached hydrogens (tertiary/aromatic N) is 2. The Hall–Kier alpha value is -2.30. The zero-order chi connectivity index (χ0) is 18.7. The van der Waals surface area contributed by atoms with Crippen LogP contribution in [0.15, 0.2) is 54.6 Å². The van der Waals surface area contributed by atoms with Crippen molar-refractivity contribution in [2.24, 2.45) is 0 Å². The van der Waals surface area contributed by atoms with Crippen LogP contribution in [0.3, 0.4) is 0 Å². The Kier molecular flexibility index (Phi) is 5.64. The van der Waals surface area contributed by atoms with Gasteiger partial charge in [-0.1, -0.05) is 48.0 Å². The lowest BCUT2D eigenvalue weighted by atomic mass is 10.2. The molecular formula is C20H19Cl2N3O. The SMILES string of the molecule is C=C(C)C(=O)NCCc1nc2ccccc2n1Cc1ccc(Cl)cc1Cl. The highest BCUT2D eigenvalue weighted by molar-refractivity contribution is 6.35. The maximum absolute atomic E-state index is 11.7. The number of amides is 1. The van der Waals surface area contributed by atoms with Crippen molar-refractivity contribution < 1.29 is 4.79 Å². The second-order valence-corrected chi connectivity index (χ2v) is 6.97. The number of aromatic nitrogens is 2. The number of benzene rings is 2. The molecule has 3 aromatic rings. The van der Waals surface area contributed by atoms with Crippen LogP contribution in [-0.4, -0.2) is 22.0 Å². The van der Waals surface area contributed by atoms with Gasteiger partial charge >= 0.3 is 0 Å². The normalized spacial score (nSPS) is 10.9. The van der Waals surface area contributed by atoms with E-state index in [1.807, 2.05) is 36.4 Å². The molecular weight excluding hydrogens is 369 g/mol. The molecule has 134 valence electrons. The standard InChI is InChI=1S/C20H19Cl2N3O/c1-13(2)20(26)23-10-9-19-24-17-5-3-4-6-18(17)25(19)12-14-7-8-15(21)11-16(14)22/h3-8,11H,1,9-10,12H2,2H3,(H,23,26). The van der Waals surface area contributed by atoms with Crippen LogP contribution >= 0.6 is 23.2 Å². The highest BCUT2D eigenvalue weighted by Gasteiger charge is 2.13. The predicted molar refractivity (Wildman–Crippen MR) is 107 cm³/mol. The van der Waals surface area contributed by atoms with E-state index in [-0.39, 0.29) is 5.91 Å². The van der Waals surface area contributed by atoms with Gasteiger partial charge in [0.1, 0.15) is 5.82 Å². The molecule has 1 heterocycles. The molecule has 0 atom stereocenters. The van der Waals surface area contributed by atoms with Gasteiger partial charge in [-0.15, -0.1) is 0 Å². The maximum Gasteiger partial charge on any atom is 0.246 e. The van der Waals surface area contributed by atoms with Gasteiger partial charge in [0.05, 0.1) is 17.6 Å². The fourth-order valence-electron chi connectivity index (χ4n) is 2.75. The Balaban J connectivity index is 1.89. The van der Waals surface area contributed by atoms with E-state index in [0.717, 1.165) is 22.4 Å². The van der Waals surface area contributed by atoms with E-state index in [9.17, 15) is 4.79 Å². The van der Waals surface area contributed by atoms with Crippen molar-refractivity contribution in [2.45, 2.75) is 19.9 Å². The van der Waals surface area contributed by atoms with Crippen LogP contribution in [0.2, 0.25) is 10.0 Å². The van der Waals surface area contributed by atoms with Crippen molar-refractivity contribution in [1.29, 1.82) is 0 Å². The molecule has 26 heavy (non-hydrogen) atoms. The highest BCUT2D eigenvalue weighted by Crippen LogP contribution is 2.24. The van der Waals surface area contributed by atoms with Gasteiger partial charge in [0.15, 0.2) is 0 Å². The van der Waals surface area contributed by atoms with E-state index in [1.165, 1.54) is 0 Å². The number of para-hydroxylation sites is 2. The summed E-state index contributed by atoms with van der Waals surface area (Å²) in [6.45, 7) is 6.41. The lowest BCUT2D eigenvalue weighted by Crippen LogP contribution is -2.26. The number of carbonyl (C=O) groups is 1. The van der Waals surface area contributed by atoms with Crippen LogP contribution in [0.4, 0.5) is 0 Å². The molecule has 4 nitrogen and oxygen atoms in total. The third-order valence-electron chi connectivity index (χ3n) is 4.10. The minimum Gasteiger partial charge on any atom is -0.352 e. The summed E-state index contributed by atoms with van der Waals surface area (Å²) in [6.07, 6.45) is 0.610. The second kappa shape index (κ2) is 7.94. The van der Waals surface area contributed by atoms with Crippen LogP contribution in [0, 0.1) is 0 Å². The molecule has 6 heteroatoms. The molecule has 0 spiro atoms. The van der Waals surface area contributed by atoms with Gasteiger partial charge < -0.3 is 9.88 Å². The fourth-order valence-corrected chi connectivity index (χ4v) is 3.22. The van der Waals surface area contributed by atoms with Crippen molar-refractivity contribution in [2.75, 3.05) is 6.54 Å². The Labute approximate surface area is 162 Å². The topological polar surface area (TPSA) is 46.9 Å². The van der Waals surface area contributed by atoms with Crippen molar-refractivity contribution in [3.05, 3.63) is 76.0 Å². The summed E-state index contributed by atoms with van der Waals surface area (Å²) < 4.78 is 2.12. The summed E-state index contributed by atoms with van der Waals surface area (Å²) in [7, 11) is 0. The zero-order valence-electron chi connectivity index (χ0n) is 14.4. The average Bonchev–Trinajstić information content (AvgIpc) is 2.95. The molecule has 0 radical (unpaired) electrons. The molecule has 0 aliphatic rings. The minimum absolute atomic E-state index is 0.145. The average molecular weight is 388 g/mol. The van der Waals surface area contributed by atoms with Crippen LogP contribution in [0.5, 0.6) is 0 Å². The molecule has 3 rings (SSSR count). The first-order chi connectivity index (χ1) is 12.5. The first-order valence-corrected chi connectivity index (χ1v) is 9.03. The lowest BCUT2D eigenvalue weighted by Gasteiger charge is -2.11. The molecule has 2 aromatic carbocycles. The van der Waals surface area contributed by atoms with Crippen molar-refractivity contribution in [1.82, 2.24) is 14.9 Å². The molecule has 0 unspecified atom stereocenters. The molecule has 0 aliphatic heterocycles. The van der Waals surface area contributed by atoms with E-state index in [1.54, 1.807) is 13.0 Å². The molecule has 0 aliphatic carbocycles. The van der Waals surface area contributed by atoms with Crippen molar-refractivity contribution in [3.63, 3.8) is 0 Å². The third kappa shape index (κ3) is 4.09. The first kappa shape index (κ1) is 18.5. The van der Waals surface area contributed by atoms with Gasteiger partial charge in [-0.3, -0.25) is 4.79 Å². The van der Waals surface area contributed by atoms with Gasteiger partial charge in [0.25, 0.3) is 0 Å². The number of imidazole rings is 1. The maximum atomic E-state index is 11.7. The van der Waals surface area contributed by atoms with E-state index in [0.29, 0.717) is 35.1 Å². The van der Waals surface area contributed by atoms with E-state index in [2.05, 4.69) is 16.5 Å². The number of hydrogen-bond acceptors (Lipinski definition) is 2. The van der Waals surface area contributed by atoms with Crippen molar-refractivity contribution >= 4 is 40.1 Å². The first-order valence-electron chi connectivity index (χ1n) is 8.27. The highest BCUT2D eigenvalue weighted by atomic mass is 35.5. The number of hydrogen-bond donors (Lipinski definition) is 1. The fraction of sp³-hybridized carbons (Fsp3) is 0.200. The summed E-state index contributed by atoms with van der Waals surface area (Å²) >= 11 is 12.3. The minimum atomic E-state index is -0.145. The Morgan fingerprint density at radius 3 is 2.73 bits per heavy atom. The van der Waals surface area contributed by atoms with Crippen LogP contribution in [0.25, 0.3) is 11.0 Å². The summed E-state index contributed by atoms with van der Waals surface area (Å²) in [5.41, 5.74) is 3.40. The number of fused-ring (bicyclic) bond motifs is 1. The van der Waals surface area contributed by atoms with Crippen LogP contribution in [-0.2, 0) is 17.8 Å². The van der Waals surface area contributed by atoms with Gasteiger partial charge in [0, 0.05) is 28.6 Å². The monoisotopic (exact) mass is 387 g/mol. The quantitative estimate of drug-likeness (QED) is 0.626. The zero-order valence-corrected chi connectivity index (χ0v) is 15.9. The molecule has 1 aromatic heterocycles. The summed E-state index contributed by atoms with van der Waals surface area (Å²) in [6, 6.07) is 13.4. The van der Waals surface area contributed by atoms with Crippen molar-refractivity contribution in [3.8, 4) is 0 Å². The molecule has 0 saturated carbocycles. The summed E-state index contributed by atoms with van der Waals surface area (Å²) in [4.78, 5) is 16.4. The second-order valence-electron chi connectivity index (χ2n) is 6.12. The molecule has 1 N–H and O–H groups in total. The number of halogens is 2. The lowest BCUT2D eigenvalue weighted by molar-refractivity contribution is -0.117. The number of nitrogens with one attached hydrogen (secondary N) is 1. The third-order valence-corrected chi connectivity index (χ3v) is 4.69. The largest absolute Gasteiger partial charge is 0.352 e. The molecule has 0 bridgehead atoms. The molecule has 0 fully saturated rings. The number of rotatable bonds is 6.